The van der Waals surface area contributed by atoms with Gasteiger partial charge in [-0.3, -0.25) is 4.79 Å². The van der Waals surface area contributed by atoms with Crippen LogP contribution in [0.25, 0.3) is 11.0 Å². The minimum atomic E-state index is -0.320. The van der Waals surface area contributed by atoms with Crippen molar-refractivity contribution in [2.45, 2.75) is 10.4 Å². The normalized spacial score (nSPS) is 16.1. The number of fused-ring (bicyclic) bond motifs is 1. The van der Waals surface area contributed by atoms with E-state index in [-0.39, 0.29) is 11.2 Å². The van der Waals surface area contributed by atoms with Crippen molar-refractivity contribution < 1.29 is 9.53 Å². The van der Waals surface area contributed by atoms with Gasteiger partial charge in [0.2, 0.25) is 5.91 Å². The molecule has 0 radical (unpaired) electrons. The minimum absolute atomic E-state index is 0.111. The van der Waals surface area contributed by atoms with Gasteiger partial charge in [0.05, 0.1) is 24.2 Å². The summed E-state index contributed by atoms with van der Waals surface area (Å²) >= 11 is 1.47. The maximum atomic E-state index is 13.1. The summed E-state index contributed by atoms with van der Waals surface area (Å²) in [5.41, 5.74) is 2.88. The zero-order valence-corrected chi connectivity index (χ0v) is 14.5. The van der Waals surface area contributed by atoms with Crippen molar-refractivity contribution in [3.05, 3.63) is 60.2 Å². The van der Waals surface area contributed by atoms with E-state index in [1.54, 1.807) is 0 Å². The topological polar surface area (TPSA) is 58.2 Å². The molecule has 0 spiro atoms. The second kappa shape index (κ2) is 7.29. The summed E-state index contributed by atoms with van der Waals surface area (Å²) in [4.78, 5) is 22.9. The fourth-order valence-electron chi connectivity index (χ4n) is 2.94. The largest absolute Gasteiger partial charge is 0.378 e. The average molecular weight is 353 g/mol. The van der Waals surface area contributed by atoms with E-state index in [1.807, 2.05) is 59.5 Å². The number of nitrogens with one attached hydrogen (secondary N) is 1. The number of H-pyrrole nitrogens is 1. The molecule has 4 rings (SSSR count). The second-order valence-electron chi connectivity index (χ2n) is 5.91. The van der Waals surface area contributed by atoms with E-state index < -0.39 is 0 Å². The SMILES string of the molecule is O=C([C@H](Sc1nc2ccccc2[nH]1)c1ccccc1)N1CCOCC1. The van der Waals surface area contributed by atoms with E-state index >= 15 is 0 Å². The van der Waals surface area contributed by atoms with Gasteiger partial charge in [0.25, 0.3) is 0 Å². The lowest BCUT2D eigenvalue weighted by molar-refractivity contribution is -0.134. The molecule has 1 amide bonds. The number of imidazole rings is 1. The van der Waals surface area contributed by atoms with Gasteiger partial charge in [0.15, 0.2) is 5.16 Å². The third kappa shape index (κ3) is 3.55. The number of hydrogen-bond donors (Lipinski definition) is 1. The molecule has 3 aromatic rings. The smallest absolute Gasteiger partial charge is 0.240 e. The molecule has 1 aliphatic rings. The van der Waals surface area contributed by atoms with E-state index in [2.05, 4.69) is 9.97 Å². The van der Waals surface area contributed by atoms with Gasteiger partial charge in [-0.05, 0) is 17.7 Å². The first-order valence-electron chi connectivity index (χ1n) is 8.34. The number of carbonyl (C=O) groups excluding carboxylic acids is 1. The van der Waals surface area contributed by atoms with Crippen LogP contribution in [0.5, 0.6) is 0 Å². The van der Waals surface area contributed by atoms with Crippen molar-refractivity contribution in [2.24, 2.45) is 0 Å². The Labute approximate surface area is 150 Å². The molecule has 0 saturated carbocycles. The molecule has 6 heteroatoms. The zero-order valence-electron chi connectivity index (χ0n) is 13.7. The van der Waals surface area contributed by atoms with Crippen molar-refractivity contribution in [3.8, 4) is 0 Å². The van der Waals surface area contributed by atoms with Crippen molar-refractivity contribution in [1.82, 2.24) is 14.9 Å². The predicted octanol–water partition coefficient (Wildman–Crippen LogP) is 3.26. The lowest BCUT2D eigenvalue weighted by Crippen LogP contribution is -2.42. The summed E-state index contributed by atoms with van der Waals surface area (Å²) in [5, 5.41) is 0.441. The molecule has 2 aromatic carbocycles. The number of nitrogens with zero attached hydrogens (tertiary/aromatic N) is 2. The number of thioether (sulfide) groups is 1. The van der Waals surface area contributed by atoms with Crippen LogP contribution in [0.3, 0.4) is 0 Å². The van der Waals surface area contributed by atoms with Crippen LogP contribution in [0, 0.1) is 0 Å². The number of benzene rings is 2. The van der Waals surface area contributed by atoms with Crippen LogP contribution in [0.1, 0.15) is 10.8 Å². The van der Waals surface area contributed by atoms with Crippen LogP contribution in [0.4, 0.5) is 0 Å². The number of amides is 1. The van der Waals surface area contributed by atoms with E-state index in [1.165, 1.54) is 11.8 Å². The Morgan fingerprint density at radius 1 is 1.08 bits per heavy atom. The van der Waals surface area contributed by atoms with Gasteiger partial charge < -0.3 is 14.6 Å². The molecule has 1 N–H and O–H groups in total. The maximum absolute atomic E-state index is 13.1. The number of carbonyl (C=O) groups is 1. The van der Waals surface area contributed by atoms with Crippen LogP contribution in [-0.2, 0) is 9.53 Å². The molecule has 2 heterocycles. The standard InChI is InChI=1S/C19H19N3O2S/c23-18(22-10-12-24-13-11-22)17(14-6-2-1-3-7-14)25-19-20-15-8-4-5-9-16(15)21-19/h1-9,17H,10-13H2,(H,20,21)/t17-/m1/s1. The van der Waals surface area contributed by atoms with E-state index in [4.69, 9.17) is 4.74 Å². The number of morpholine rings is 1. The number of rotatable bonds is 4. The Bertz CT molecular complexity index is 826. The fraction of sp³-hybridized carbons (Fsp3) is 0.263. The molecule has 5 nitrogen and oxygen atoms in total. The molecule has 128 valence electrons. The summed E-state index contributed by atoms with van der Waals surface area (Å²) in [5.74, 6) is 0.111. The van der Waals surface area contributed by atoms with Gasteiger partial charge in [0.1, 0.15) is 5.25 Å². The highest BCUT2D eigenvalue weighted by Gasteiger charge is 2.29. The predicted molar refractivity (Wildman–Crippen MR) is 98.5 cm³/mol. The van der Waals surface area contributed by atoms with Crippen LogP contribution in [0.2, 0.25) is 0 Å². The van der Waals surface area contributed by atoms with Crippen molar-refractivity contribution in [2.75, 3.05) is 26.3 Å². The highest BCUT2D eigenvalue weighted by molar-refractivity contribution is 8.00. The first-order chi connectivity index (χ1) is 12.3. The summed E-state index contributed by atoms with van der Waals surface area (Å²) in [6, 6.07) is 17.8. The average Bonchev–Trinajstić information content (AvgIpc) is 3.09. The molecular weight excluding hydrogens is 334 g/mol. The Balaban J connectivity index is 1.63. The minimum Gasteiger partial charge on any atom is -0.378 e. The number of hydrogen-bond acceptors (Lipinski definition) is 4. The van der Waals surface area contributed by atoms with Crippen LogP contribution in [0.15, 0.2) is 59.8 Å². The molecular formula is C19H19N3O2S. The molecule has 0 bridgehead atoms. The molecule has 1 saturated heterocycles. The second-order valence-corrected chi connectivity index (χ2v) is 7.00. The van der Waals surface area contributed by atoms with Crippen molar-refractivity contribution in [1.29, 1.82) is 0 Å². The Morgan fingerprint density at radius 2 is 1.80 bits per heavy atom. The summed E-state index contributed by atoms with van der Waals surface area (Å²) in [6.07, 6.45) is 0. The monoisotopic (exact) mass is 353 g/mol. The Kier molecular flexibility index (Phi) is 4.72. The van der Waals surface area contributed by atoms with Crippen molar-refractivity contribution in [3.63, 3.8) is 0 Å². The van der Waals surface area contributed by atoms with Gasteiger partial charge >= 0.3 is 0 Å². The van der Waals surface area contributed by atoms with Gasteiger partial charge in [-0.25, -0.2) is 4.98 Å². The Morgan fingerprint density at radius 3 is 2.56 bits per heavy atom. The van der Waals surface area contributed by atoms with Gasteiger partial charge in [-0.15, -0.1) is 0 Å². The molecule has 25 heavy (non-hydrogen) atoms. The first-order valence-corrected chi connectivity index (χ1v) is 9.22. The lowest BCUT2D eigenvalue weighted by atomic mass is 10.1. The van der Waals surface area contributed by atoms with E-state index in [9.17, 15) is 4.79 Å². The quantitative estimate of drug-likeness (QED) is 0.732. The van der Waals surface area contributed by atoms with Gasteiger partial charge in [-0.2, -0.15) is 0 Å². The van der Waals surface area contributed by atoms with Crippen molar-refractivity contribution >= 4 is 28.7 Å². The summed E-state index contributed by atoms with van der Waals surface area (Å²) in [6.45, 7) is 2.48. The molecule has 1 aliphatic heterocycles. The zero-order chi connectivity index (χ0) is 17.1. The summed E-state index contributed by atoms with van der Waals surface area (Å²) in [7, 11) is 0. The highest BCUT2D eigenvalue weighted by atomic mass is 32.2. The molecule has 0 aliphatic carbocycles. The number of para-hydroxylation sites is 2. The Hall–Kier alpha value is -2.31. The third-order valence-corrected chi connectivity index (χ3v) is 5.37. The summed E-state index contributed by atoms with van der Waals surface area (Å²) < 4.78 is 5.37. The number of aromatic nitrogens is 2. The van der Waals surface area contributed by atoms with Crippen LogP contribution < -0.4 is 0 Å². The third-order valence-electron chi connectivity index (χ3n) is 4.25. The molecule has 1 aromatic heterocycles. The molecule has 1 fully saturated rings. The maximum Gasteiger partial charge on any atom is 0.240 e. The number of ether oxygens (including phenoxy) is 1. The molecule has 1 atom stereocenters. The van der Waals surface area contributed by atoms with Crippen LogP contribution >= 0.6 is 11.8 Å². The van der Waals surface area contributed by atoms with E-state index in [0.29, 0.717) is 26.3 Å². The van der Waals surface area contributed by atoms with Gasteiger partial charge in [0, 0.05) is 13.1 Å². The van der Waals surface area contributed by atoms with Crippen LogP contribution in [-0.4, -0.2) is 47.1 Å². The lowest BCUT2D eigenvalue weighted by Gasteiger charge is -2.30. The highest BCUT2D eigenvalue weighted by Crippen LogP contribution is 2.36. The van der Waals surface area contributed by atoms with Gasteiger partial charge in [-0.1, -0.05) is 54.2 Å². The molecule has 0 unspecified atom stereocenters. The number of aromatic amines is 1. The van der Waals surface area contributed by atoms with E-state index in [0.717, 1.165) is 21.8 Å². The first kappa shape index (κ1) is 16.2. The fourth-order valence-corrected chi connectivity index (χ4v) is 4.02.